The lowest BCUT2D eigenvalue weighted by molar-refractivity contribution is -0.115. The third-order valence-electron chi connectivity index (χ3n) is 3.82. The largest absolute Gasteiger partial charge is 0.360 e. The number of aromatic amines is 1. The molecular formula is C19H16N4O2S. The molecule has 1 unspecified atom stereocenters. The molecule has 7 heteroatoms. The van der Waals surface area contributed by atoms with Gasteiger partial charge in [-0.2, -0.15) is 0 Å². The summed E-state index contributed by atoms with van der Waals surface area (Å²) in [4.78, 5) is 20.7. The predicted molar refractivity (Wildman–Crippen MR) is 101 cm³/mol. The van der Waals surface area contributed by atoms with E-state index in [1.807, 2.05) is 54.6 Å². The number of carbonyl (C=O) groups excluding carboxylic acids is 1. The van der Waals surface area contributed by atoms with Gasteiger partial charge in [-0.15, -0.1) is 0 Å². The fraction of sp³-hybridized carbons (Fsp3) is 0.105. The lowest BCUT2D eigenvalue weighted by atomic mass is 10.1. The molecule has 0 radical (unpaired) electrons. The van der Waals surface area contributed by atoms with E-state index in [1.54, 1.807) is 13.0 Å². The molecule has 0 aliphatic heterocycles. The number of hydrogen-bond acceptors (Lipinski definition) is 5. The number of H-pyrrole nitrogens is 1. The van der Waals surface area contributed by atoms with Crippen LogP contribution in [0.15, 0.2) is 70.3 Å². The van der Waals surface area contributed by atoms with Crippen LogP contribution in [0, 0.1) is 6.92 Å². The van der Waals surface area contributed by atoms with Gasteiger partial charge in [0.05, 0.1) is 11.0 Å². The molecule has 0 aliphatic carbocycles. The molecule has 0 bridgehead atoms. The van der Waals surface area contributed by atoms with Crippen molar-refractivity contribution in [2.45, 2.75) is 17.3 Å². The highest BCUT2D eigenvalue weighted by molar-refractivity contribution is 8.00. The molecular weight excluding hydrogens is 348 g/mol. The first kappa shape index (κ1) is 16.4. The zero-order valence-electron chi connectivity index (χ0n) is 14.0. The molecule has 2 aromatic heterocycles. The summed E-state index contributed by atoms with van der Waals surface area (Å²) in [6, 6.07) is 19.1. The normalized spacial score (nSPS) is 12.2. The minimum Gasteiger partial charge on any atom is -0.360 e. The van der Waals surface area contributed by atoms with E-state index in [9.17, 15) is 4.79 Å². The van der Waals surface area contributed by atoms with Crippen LogP contribution in [-0.4, -0.2) is 21.0 Å². The van der Waals surface area contributed by atoms with Crippen LogP contribution in [-0.2, 0) is 4.79 Å². The predicted octanol–water partition coefficient (Wildman–Crippen LogP) is 4.33. The maximum atomic E-state index is 12.9. The molecule has 4 aromatic rings. The Morgan fingerprint density at radius 1 is 1.15 bits per heavy atom. The van der Waals surface area contributed by atoms with Crippen LogP contribution in [0.4, 0.5) is 5.82 Å². The molecule has 0 saturated heterocycles. The maximum Gasteiger partial charge on any atom is 0.243 e. The molecule has 1 atom stereocenters. The average molecular weight is 364 g/mol. The van der Waals surface area contributed by atoms with Gasteiger partial charge in [-0.3, -0.25) is 4.79 Å². The number of amides is 1. The van der Waals surface area contributed by atoms with Crippen molar-refractivity contribution in [2.24, 2.45) is 0 Å². The van der Waals surface area contributed by atoms with Gasteiger partial charge in [0.1, 0.15) is 11.0 Å². The second-order valence-electron chi connectivity index (χ2n) is 5.78. The second-order valence-corrected chi connectivity index (χ2v) is 6.87. The Hall–Kier alpha value is -3.06. The van der Waals surface area contributed by atoms with E-state index in [-0.39, 0.29) is 5.91 Å². The van der Waals surface area contributed by atoms with Crippen molar-refractivity contribution in [3.8, 4) is 0 Å². The van der Waals surface area contributed by atoms with E-state index in [4.69, 9.17) is 4.52 Å². The van der Waals surface area contributed by atoms with Crippen LogP contribution in [0.2, 0.25) is 0 Å². The topological polar surface area (TPSA) is 83.8 Å². The maximum absolute atomic E-state index is 12.9. The Morgan fingerprint density at radius 2 is 1.92 bits per heavy atom. The summed E-state index contributed by atoms with van der Waals surface area (Å²) >= 11 is 1.36. The number of nitrogens with one attached hydrogen (secondary N) is 2. The van der Waals surface area contributed by atoms with E-state index in [2.05, 4.69) is 20.4 Å². The highest BCUT2D eigenvalue weighted by atomic mass is 32.2. The van der Waals surface area contributed by atoms with Gasteiger partial charge in [0.2, 0.25) is 5.91 Å². The number of anilines is 1. The van der Waals surface area contributed by atoms with E-state index >= 15 is 0 Å². The van der Waals surface area contributed by atoms with Gasteiger partial charge in [0.25, 0.3) is 0 Å². The number of thioether (sulfide) groups is 1. The van der Waals surface area contributed by atoms with E-state index in [0.717, 1.165) is 16.6 Å². The number of imidazole rings is 1. The number of aryl methyl sites for hydroxylation is 1. The van der Waals surface area contributed by atoms with Gasteiger partial charge in [0.15, 0.2) is 11.0 Å². The lowest BCUT2D eigenvalue weighted by Gasteiger charge is -2.14. The van der Waals surface area contributed by atoms with Crippen LogP contribution in [0.25, 0.3) is 11.0 Å². The van der Waals surface area contributed by atoms with E-state index in [1.165, 1.54) is 11.8 Å². The molecule has 4 rings (SSSR count). The molecule has 1 amide bonds. The quantitative estimate of drug-likeness (QED) is 0.515. The Bertz CT molecular complexity index is 1010. The van der Waals surface area contributed by atoms with Crippen LogP contribution in [0.5, 0.6) is 0 Å². The fourth-order valence-electron chi connectivity index (χ4n) is 2.61. The molecule has 130 valence electrons. The van der Waals surface area contributed by atoms with Crippen LogP contribution in [0.1, 0.15) is 16.6 Å². The standard InChI is InChI=1S/C19H16N4O2S/c1-12-11-16(23-25-12)22-18(24)17(13-7-3-2-4-8-13)26-19-20-14-9-5-6-10-15(14)21-19/h2-11,17H,1H3,(H,20,21)(H,22,23,24). The Balaban J connectivity index is 1.63. The number of aromatic nitrogens is 3. The summed E-state index contributed by atoms with van der Waals surface area (Å²) in [5.74, 6) is 0.857. The highest BCUT2D eigenvalue weighted by Gasteiger charge is 2.24. The van der Waals surface area contributed by atoms with Gasteiger partial charge >= 0.3 is 0 Å². The number of hydrogen-bond donors (Lipinski definition) is 2. The van der Waals surface area contributed by atoms with Gasteiger partial charge in [0, 0.05) is 6.07 Å². The number of para-hydroxylation sites is 2. The summed E-state index contributed by atoms with van der Waals surface area (Å²) in [5.41, 5.74) is 2.69. The Morgan fingerprint density at radius 3 is 2.65 bits per heavy atom. The second kappa shape index (κ2) is 7.05. The van der Waals surface area contributed by atoms with Gasteiger partial charge in [-0.05, 0) is 24.6 Å². The molecule has 26 heavy (non-hydrogen) atoms. The summed E-state index contributed by atoms with van der Waals surface area (Å²) in [5, 5.41) is 6.85. The number of rotatable bonds is 5. The molecule has 2 aromatic carbocycles. The SMILES string of the molecule is Cc1cc(NC(=O)C(Sc2nc3ccccc3[nH]2)c2ccccc2)no1. The molecule has 0 aliphatic rings. The first-order chi connectivity index (χ1) is 12.7. The minimum absolute atomic E-state index is 0.185. The average Bonchev–Trinajstić information content (AvgIpc) is 3.25. The number of fused-ring (bicyclic) bond motifs is 1. The van der Waals surface area contributed by atoms with Crippen molar-refractivity contribution in [1.29, 1.82) is 0 Å². The highest BCUT2D eigenvalue weighted by Crippen LogP contribution is 2.35. The fourth-order valence-corrected chi connectivity index (χ4v) is 3.62. The number of nitrogens with zero attached hydrogens (tertiary/aromatic N) is 2. The van der Waals surface area contributed by atoms with Gasteiger partial charge in [-0.1, -0.05) is 59.4 Å². The molecule has 2 heterocycles. The molecule has 6 nitrogen and oxygen atoms in total. The smallest absolute Gasteiger partial charge is 0.243 e. The summed E-state index contributed by atoms with van der Waals surface area (Å²) in [6.07, 6.45) is 0. The zero-order valence-corrected chi connectivity index (χ0v) is 14.8. The van der Waals surface area contributed by atoms with Crippen molar-refractivity contribution in [1.82, 2.24) is 15.1 Å². The first-order valence-electron chi connectivity index (χ1n) is 8.09. The Labute approximate surface area is 154 Å². The lowest BCUT2D eigenvalue weighted by Crippen LogP contribution is -2.19. The zero-order chi connectivity index (χ0) is 17.9. The third kappa shape index (κ3) is 3.48. The third-order valence-corrected chi connectivity index (χ3v) is 4.96. The molecule has 0 saturated carbocycles. The Kier molecular flexibility index (Phi) is 4.45. The molecule has 2 N–H and O–H groups in total. The van der Waals surface area contributed by atoms with Crippen molar-refractivity contribution in [3.63, 3.8) is 0 Å². The minimum atomic E-state index is -0.478. The van der Waals surface area contributed by atoms with E-state index in [0.29, 0.717) is 16.7 Å². The number of benzene rings is 2. The first-order valence-corrected chi connectivity index (χ1v) is 8.97. The van der Waals surface area contributed by atoms with E-state index < -0.39 is 5.25 Å². The summed E-state index contributed by atoms with van der Waals surface area (Å²) in [6.45, 7) is 1.78. The molecule has 0 fully saturated rings. The van der Waals surface area contributed by atoms with Crippen LogP contribution >= 0.6 is 11.8 Å². The summed E-state index contributed by atoms with van der Waals surface area (Å²) in [7, 11) is 0. The van der Waals surface area contributed by atoms with Crippen molar-refractivity contribution in [2.75, 3.05) is 5.32 Å². The van der Waals surface area contributed by atoms with Gasteiger partial charge < -0.3 is 14.8 Å². The van der Waals surface area contributed by atoms with Crippen molar-refractivity contribution < 1.29 is 9.32 Å². The molecule has 0 spiro atoms. The number of carbonyl (C=O) groups is 1. The van der Waals surface area contributed by atoms with Crippen molar-refractivity contribution in [3.05, 3.63) is 72.0 Å². The monoisotopic (exact) mass is 364 g/mol. The van der Waals surface area contributed by atoms with Gasteiger partial charge in [-0.25, -0.2) is 4.98 Å². The van der Waals surface area contributed by atoms with Crippen LogP contribution in [0.3, 0.4) is 0 Å². The van der Waals surface area contributed by atoms with Crippen LogP contribution < -0.4 is 5.32 Å². The summed E-state index contributed by atoms with van der Waals surface area (Å²) < 4.78 is 5.02. The van der Waals surface area contributed by atoms with Crippen molar-refractivity contribution >= 4 is 34.5 Å².